The maximum absolute atomic E-state index is 13.9. The van der Waals surface area contributed by atoms with Gasteiger partial charge in [-0.2, -0.15) is 17.5 Å². The molecule has 0 aliphatic carbocycles. The van der Waals surface area contributed by atoms with Gasteiger partial charge in [0.15, 0.2) is 0 Å². The van der Waals surface area contributed by atoms with E-state index in [0.29, 0.717) is 25.0 Å². The summed E-state index contributed by atoms with van der Waals surface area (Å²) in [6.07, 6.45) is -4.08. The smallest absolute Gasteiger partial charge is 0.416 e. The van der Waals surface area contributed by atoms with Crippen molar-refractivity contribution in [2.45, 2.75) is 30.8 Å². The molecule has 25 heavy (non-hydrogen) atoms. The molecule has 1 saturated heterocycles. The van der Waals surface area contributed by atoms with Crippen LogP contribution in [0, 0.1) is 11.7 Å². The number of alkyl halides is 3. The molecule has 1 aromatic carbocycles. The van der Waals surface area contributed by atoms with Gasteiger partial charge in [0.25, 0.3) is 0 Å². The van der Waals surface area contributed by atoms with Crippen LogP contribution in [0.5, 0.6) is 0 Å². The number of hydrogen-bond donors (Lipinski definition) is 0. The van der Waals surface area contributed by atoms with Crippen molar-refractivity contribution in [3.05, 3.63) is 29.6 Å². The van der Waals surface area contributed by atoms with Gasteiger partial charge in [0.05, 0.1) is 18.1 Å². The molecule has 0 radical (unpaired) electrons. The summed E-state index contributed by atoms with van der Waals surface area (Å²) in [5.41, 5.74) is -1.26. The summed E-state index contributed by atoms with van der Waals surface area (Å²) in [5, 5.41) is 0. The van der Waals surface area contributed by atoms with Crippen LogP contribution < -0.4 is 0 Å². The second-order valence-electron chi connectivity index (χ2n) is 5.60. The van der Waals surface area contributed by atoms with Crippen molar-refractivity contribution in [1.82, 2.24) is 4.31 Å². The molecule has 1 aromatic rings. The quantitative estimate of drug-likeness (QED) is 0.593. The van der Waals surface area contributed by atoms with E-state index in [4.69, 9.17) is 4.74 Å². The Morgan fingerprint density at radius 3 is 2.64 bits per heavy atom. The monoisotopic (exact) mass is 383 g/mol. The van der Waals surface area contributed by atoms with Crippen LogP contribution in [-0.2, 0) is 25.7 Å². The normalized spacial score (nSPS) is 19.6. The van der Waals surface area contributed by atoms with Crippen LogP contribution in [0.1, 0.15) is 25.3 Å². The topological polar surface area (TPSA) is 63.7 Å². The van der Waals surface area contributed by atoms with E-state index in [0.717, 1.165) is 4.31 Å². The maximum atomic E-state index is 13.9. The Morgan fingerprint density at radius 2 is 2.04 bits per heavy atom. The highest BCUT2D eigenvalue weighted by Crippen LogP contribution is 2.33. The summed E-state index contributed by atoms with van der Waals surface area (Å²) >= 11 is 0. The Hall–Kier alpha value is -1.68. The lowest BCUT2D eigenvalue weighted by molar-refractivity contribution is -0.149. The van der Waals surface area contributed by atoms with E-state index >= 15 is 0 Å². The van der Waals surface area contributed by atoms with Crippen LogP contribution in [0.25, 0.3) is 0 Å². The van der Waals surface area contributed by atoms with E-state index in [1.165, 1.54) is 0 Å². The molecule has 1 aliphatic rings. The molecule has 0 N–H and O–H groups in total. The number of halogens is 4. The number of ether oxygens (including phenoxy) is 1. The van der Waals surface area contributed by atoms with Gasteiger partial charge in [-0.05, 0) is 38.0 Å². The van der Waals surface area contributed by atoms with E-state index in [1.54, 1.807) is 6.92 Å². The van der Waals surface area contributed by atoms with E-state index in [-0.39, 0.29) is 25.8 Å². The molecule has 0 aromatic heterocycles. The van der Waals surface area contributed by atoms with Crippen LogP contribution in [0.4, 0.5) is 17.6 Å². The zero-order chi connectivity index (χ0) is 18.8. The summed E-state index contributed by atoms with van der Waals surface area (Å²) in [4.78, 5) is 10.7. The number of piperidine rings is 1. The molecule has 1 heterocycles. The molecule has 0 spiro atoms. The molecule has 0 amide bonds. The fourth-order valence-electron chi connectivity index (χ4n) is 2.63. The minimum Gasteiger partial charge on any atom is -0.466 e. The zero-order valence-electron chi connectivity index (χ0n) is 13.3. The van der Waals surface area contributed by atoms with Gasteiger partial charge in [0.2, 0.25) is 10.0 Å². The van der Waals surface area contributed by atoms with E-state index < -0.39 is 44.4 Å². The fourth-order valence-corrected chi connectivity index (χ4v) is 4.24. The Labute approximate surface area is 142 Å². The summed E-state index contributed by atoms with van der Waals surface area (Å²) in [6.45, 7) is 1.47. The van der Waals surface area contributed by atoms with Gasteiger partial charge < -0.3 is 4.74 Å². The number of hydrogen-bond acceptors (Lipinski definition) is 4. The summed E-state index contributed by atoms with van der Waals surface area (Å²) in [6, 6.07) is 1.23. The van der Waals surface area contributed by atoms with Gasteiger partial charge in [-0.1, -0.05) is 0 Å². The molecule has 1 aliphatic heterocycles. The predicted octanol–water partition coefficient (Wildman–Crippen LogP) is 2.81. The molecule has 1 unspecified atom stereocenters. The molecule has 2 rings (SSSR count). The lowest BCUT2D eigenvalue weighted by atomic mass is 10.0. The predicted molar refractivity (Wildman–Crippen MR) is 79.5 cm³/mol. The molecule has 5 nitrogen and oxygen atoms in total. The highest BCUT2D eigenvalue weighted by atomic mass is 32.2. The minimum absolute atomic E-state index is 0.00603. The molecular formula is C15H17F4NO4S. The number of nitrogens with zero attached hydrogens (tertiary/aromatic N) is 1. The maximum Gasteiger partial charge on any atom is 0.416 e. The third-order valence-corrected chi connectivity index (χ3v) is 5.76. The van der Waals surface area contributed by atoms with Crippen LogP contribution in [-0.4, -0.2) is 38.4 Å². The Bertz CT molecular complexity index is 748. The third-order valence-electron chi connectivity index (χ3n) is 3.88. The van der Waals surface area contributed by atoms with Gasteiger partial charge in [-0.15, -0.1) is 0 Å². The van der Waals surface area contributed by atoms with E-state index in [2.05, 4.69) is 0 Å². The number of rotatable bonds is 4. The number of sulfonamides is 1. The van der Waals surface area contributed by atoms with Crippen molar-refractivity contribution < 1.29 is 35.5 Å². The molecular weight excluding hydrogens is 366 g/mol. The van der Waals surface area contributed by atoms with Crippen LogP contribution in [0.2, 0.25) is 0 Å². The number of carbonyl (C=O) groups is 1. The Balaban J connectivity index is 2.33. The highest BCUT2D eigenvalue weighted by molar-refractivity contribution is 7.89. The van der Waals surface area contributed by atoms with E-state index in [1.807, 2.05) is 0 Å². The van der Waals surface area contributed by atoms with Crippen molar-refractivity contribution in [2.24, 2.45) is 5.92 Å². The first-order chi connectivity index (χ1) is 11.6. The summed E-state index contributed by atoms with van der Waals surface area (Å²) in [7, 11) is -4.51. The second-order valence-corrected chi connectivity index (χ2v) is 7.50. The zero-order valence-corrected chi connectivity index (χ0v) is 14.2. The molecule has 0 bridgehead atoms. The lowest BCUT2D eigenvalue weighted by Gasteiger charge is -2.30. The van der Waals surface area contributed by atoms with Crippen molar-refractivity contribution in [2.75, 3.05) is 19.7 Å². The third kappa shape index (κ3) is 4.30. The summed E-state index contributed by atoms with van der Waals surface area (Å²) < 4.78 is 83.1. The number of carbonyl (C=O) groups excluding carboxylic acids is 1. The van der Waals surface area contributed by atoms with Gasteiger partial charge in [-0.25, -0.2) is 12.8 Å². The average Bonchev–Trinajstić information content (AvgIpc) is 2.54. The standard InChI is InChI=1S/C15H17F4NO4S/c1-2-24-14(21)10-4-3-7-20(9-10)25(22,23)13-8-11(15(17,18)19)5-6-12(13)16/h5-6,8,10H,2-4,7,9H2,1H3. The first-order valence-corrected chi connectivity index (χ1v) is 9.05. The van der Waals surface area contributed by atoms with Crippen LogP contribution in [0.15, 0.2) is 23.1 Å². The van der Waals surface area contributed by atoms with Gasteiger partial charge in [0, 0.05) is 13.1 Å². The lowest BCUT2D eigenvalue weighted by Crippen LogP contribution is -2.43. The average molecular weight is 383 g/mol. The number of benzene rings is 1. The van der Waals surface area contributed by atoms with Crippen molar-refractivity contribution in [3.8, 4) is 0 Å². The Kier molecular flexibility index (Phi) is 5.72. The molecule has 1 atom stereocenters. The van der Waals surface area contributed by atoms with E-state index in [9.17, 15) is 30.8 Å². The summed E-state index contributed by atoms with van der Waals surface area (Å²) in [5.74, 6) is -2.57. The van der Waals surface area contributed by atoms with Gasteiger partial charge in [-0.3, -0.25) is 4.79 Å². The minimum atomic E-state index is -4.80. The number of esters is 1. The largest absolute Gasteiger partial charge is 0.466 e. The first-order valence-electron chi connectivity index (χ1n) is 7.61. The van der Waals surface area contributed by atoms with Crippen molar-refractivity contribution in [1.29, 1.82) is 0 Å². The molecule has 1 fully saturated rings. The van der Waals surface area contributed by atoms with Crippen LogP contribution in [0.3, 0.4) is 0 Å². The van der Waals surface area contributed by atoms with Crippen molar-refractivity contribution >= 4 is 16.0 Å². The molecule has 10 heteroatoms. The molecule has 140 valence electrons. The first kappa shape index (κ1) is 19.6. The Morgan fingerprint density at radius 1 is 1.36 bits per heavy atom. The van der Waals surface area contributed by atoms with Gasteiger partial charge in [0.1, 0.15) is 10.7 Å². The second kappa shape index (κ2) is 7.28. The SMILES string of the molecule is CCOC(=O)C1CCCN(S(=O)(=O)c2cc(C(F)(F)F)ccc2F)C1. The molecule has 0 saturated carbocycles. The fraction of sp³-hybridized carbons (Fsp3) is 0.533. The highest BCUT2D eigenvalue weighted by Gasteiger charge is 2.37. The van der Waals surface area contributed by atoms with Crippen molar-refractivity contribution in [3.63, 3.8) is 0 Å². The van der Waals surface area contributed by atoms with Crippen LogP contribution >= 0.6 is 0 Å². The van der Waals surface area contributed by atoms with Gasteiger partial charge >= 0.3 is 12.1 Å².